The average molecular weight is 239 g/mol. The van der Waals surface area contributed by atoms with Gasteiger partial charge in [-0.2, -0.15) is 5.10 Å². The van der Waals surface area contributed by atoms with Gasteiger partial charge in [0.25, 0.3) is 0 Å². The van der Waals surface area contributed by atoms with Gasteiger partial charge in [-0.15, -0.1) is 5.10 Å². The number of hydrogen-bond acceptors (Lipinski definition) is 4. The van der Waals surface area contributed by atoms with Gasteiger partial charge < -0.3 is 9.52 Å². The predicted molar refractivity (Wildman–Crippen MR) is 55.5 cm³/mol. The van der Waals surface area contributed by atoms with Crippen LogP contribution in [0.4, 0.5) is 0 Å². The number of carboxylic acid groups (broad SMARTS) is 1. The Bertz CT molecular complexity index is 511. The van der Waals surface area contributed by atoms with E-state index in [-0.39, 0.29) is 10.7 Å². The first kappa shape index (κ1) is 10.6. The Hall–Kier alpha value is -1.88. The molecule has 0 amide bonds. The van der Waals surface area contributed by atoms with E-state index < -0.39 is 5.97 Å². The van der Waals surface area contributed by atoms with Crippen molar-refractivity contribution >= 4 is 17.6 Å². The summed E-state index contributed by atoms with van der Waals surface area (Å²) in [5.41, 5.74) is 0.440. The van der Waals surface area contributed by atoms with Crippen molar-refractivity contribution in [2.24, 2.45) is 0 Å². The Balaban J connectivity index is 2.29. The van der Waals surface area contributed by atoms with Gasteiger partial charge in [-0.1, -0.05) is 11.6 Å². The number of carboxylic acids is 1. The molecule has 0 bridgehead atoms. The highest BCUT2D eigenvalue weighted by atomic mass is 35.5. The van der Waals surface area contributed by atoms with Gasteiger partial charge in [0.15, 0.2) is 5.15 Å². The molecule has 2 rings (SSSR count). The van der Waals surface area contributed by atoms with E-state index in [9.17, 15) is 4.79 Å². The van der Waals surface area contributed by atoms with E-state index in [1.54, 1.807) is 12.1 Å². The van der Waals surface area contributed by atoms with Crippen LogP contribution in [-0.4, -0.2) is 21.3 Å². The van der Waals surface area contributed by atoms with Crippen molar-refractivity contribution in [3.63, 3.8) is 0 Å². The quantitative estimate of drug-likeness (QED) is 0.885. The van der Waals surface area contributed by atoms with Gasteiger partial charge in [0, 0.05) is 0 Å². The molecule has 0 unspecified atom stereocenters. The predicted octanol–water partition coefficient (Wildman–Crippen LogP) is 2.01. The summed E-state index contributed by atoms with van der Waals surface area (Å²) in [5.74, 6) is -0.437. The summed E-state index contributed by atoms with van der Waals surface area (Å²) in [6.45, 7) is 0. The van der Waals surface area contributed by atoms with Gasteiger partial charge in [0.05, 0.1) is 18.4 Å². The third kappa shape index (κ3) is 2.20. The van der Waals surface area contributed by atoms with E-state index in [1.807, 2.05) is 0 Å². The summed E-state index contributed by atoms with van der Waals surface area (Å²) in [5, 5.41) is 16.1. The Morgan fingerprint density at radius 2 is 2.31 bits per heavy atom. The van der Waals surface area contributed by atoms with Crippen molar-refractivity contribution in [1.82, 2.24) is 10.2 Å². The molecule has 1 N–H and O–H groups in total. The number of furan rings is 1. The van der Waals surface area contributed by atoms with Gasteiger partial charge in [-0.05, 0) is 18.2 Å². The Morgan fingerprint density at radius 3 is 2.94 bits per heavy atom. The van der Waals surface area contributed by atoms with Crippen LogP contribution in [0, 0.1) is 0 Å². The molecule has 0 fully saturated rings. The first-order valence-corrected chi connectivity index (χ1v) is 4.82. The third-order valence-electron chi connectivity index (χ3n) is 1.97. The molecular weight excluding hydrogens is 232 g/mol. The normalized spacial score (nSPS) is 10.3. The van der Waals surface area contributed by atoms with E-state index in [1.165, 1.54) is 12.3 Å². The maximum atomic E-state index is 10.8. The molecular formula is C10H7ClN2O3. The second-order valence-electron chi connectivity index (χ2n) is 3.10. The molecule has 0 aliphatic rings. The van der Waals surface area contributed by atoms with Crippen LogP contribution in [0.25, 0.3) is 0 Å². The van der Waals surface area contributed by atoms with Crippen molar-refractivity contribution in [3.8, 4) is 0 Å². The fourth-order valence-corrected chi connectivity index (χ4v) is 1.42. The summed E-state index contributed by atoms with van der Waals surface area (Å²) in [4.78, 5) is 10.8. The summed E-state index contributed by atoms with van der Waals surface area (Å²) >= 11 is 5.60. The monoisotopic (exact) mass is 238 g/mol. The van der Waals surface area contributed by atoms with Crippen molar-refractivity contribution in [2.75, 3.05) is 0 Å². The number of nitrogens with zero attached hydrogens (tertiary/aromatic N) is 2. The number of halogens is 1. The molecule has 6 heteroatoms. The highest BCUT2D eigenvalue weighted by Crippen LogP contribution is 2.14. The van der Waals surface area contributed by atoms with E-state index in [4.69, 9.17) is 21.1 Å². The number of rotatable bonds is 3. The lowest BCUT2D eigenvalue weighted by Crippen LogP contribution is -2.04. The highest BCUT2D eigenvalue weighted by Gasteiger charge is 2.12. The first-order chi connectivity index (χ1) is 7.66. The van der Waals surface area contributed by atoms with Crippen LogP contribution in [0.3, 0.4) is 0 Å². The lowest BCUT2D eigenvalue weighted by atomic mass is 10.2. The van der Waals surface area contributed by atoms with Gasteiger partial charge >= 0.3 is 5.97 Å². The molecule has 0 aliphatic carbocycles. The molecule has 16 heavy (non-hydrogen) atoms. The van der Waals surface area contributed by atoms with Crippen LogP contribution in [0.5, 0.6) is 0 Å². The molecule has 0 aliphatic heterocycles. The van der Waals surface area contributed by atoms with E-state index >= 15 is 0 Å². The number of aromatic nitrogens is 2. The third-order valence-corrected chi connectivity index (χ3v) is 2.24. The van der Waals surface area contributed by atoms with Gasteiger partial charge in [0.2, 0.25) is 0 Å². The zero-order chi connectivity index (χ0) is 11.5. The molecule has 82 valence electrons. The molecule has 0 saturated heterocycles. The van der Waals surface area contributed by atoms with Crippen molar-refractivity contribution in [2.45, 2.75) is 6.42 Å². The zero-order valence-corrected chi connectivity index (χ0v) is 8.81. The first-order valence-electron chi connectivity index (χ1n) is 4.44. The van der Waals surface area contributed by atoms with Gasteiger partial charge in [0.1, 0.15) is 11.3 Å². The zero-order valence-electron chi connectivity index (χ0n) is 8.05. The van der Waals surface area contributed by atoms with Crippen molar-refractivity contribution in [3.05, 3.63) is 46.6 Å². The minimum atomic E-state index is -1.12. The number of hydrogen-bond donors (Lipinski definition) is 1. The SMILES string of the molecule is O=C(O)c1cc(Cc2ccco2)nnc1Cl. The molecule has 0 saturated carbocycles. The fraction of sp³-hybridized carbons (Fsp3) is 0.100. The van der Waals surface area contributed by atoms with Crippen LogP contribution < -0.4 is 0 Å². The topological polar surface area (TPSA) is 76.2 Å². The van der Waals surface area contributed by atoms with E-state index in [0.29, 0.717) is 17.9 Å². The second kappa shape index (κ2) is 4.32. The lowest BCUT2D eigenvalue weighted by molar-refractivity contribution is 0.0696. The largest absolute Gasteiger partial charge is 0.478 e. The molecule has 0 atom stereocenters. The van der Waals surface area contributed by atoms with Crippen LogP contribution in [0.1, 0.15) is 21.8 Å². The Labute approximate surface area is 95.7 Å². The van der Waals surface area contributed by atoms with Crippen LogP contribution in [0.15, 0.2) is 28.9 Å². The standard InChI is InChI=1S/C10H7ClN2O3/c11-9-8(10(14)15)5-6(12-13-9)4-7-2-1-3-16-7/h1-3,5H,4H2,(H,14,15). The molecule has 5 nitrogen and oxygen atoms in total. The second-order valence-corrected chi connectivity index (χ2v) is 3.46. The molecule has 2 heterocycles. The molecule has 2 aromatic rings. The summed E-state index contributed by atoms with van der Waals surface area (Å²) in [6.07, 6.45) is 1.92. The molecule has 0 aromatic carbocycles. The summed E-state index contributed by atoms with van der Waals surface area (Å²) in [6, 6.07) is 4.91. The van der Waals surface area contributed by atoms with Crippen molar-refractivity contribution < 1.29 is 14.3 Å². The van der Waals surface area contributed by atoms with Crippen LogP contribution >= 0.6 is 11.6 Å². The minimum Gasteiger partial charge on any atom is -0.478 e. The van der Waals surface area contributed by atoms with Crippen LogP contribution in [-0.2, 0) is 6.42 Å². The summed E-state index contributed by atoms with van der Waals surface area (Å²) in [7, 11) is 0. The van der Waals surface area contributed by atoms with E-state index in [2.05, 4.69) is 10.2 Å². The summed E-state index contributed by atoms with van der Waals surface area (Å²) < 4.78 is 5.12. The van der Waals surface area contributed by atoms with Crippen LogP contribution in [0.2, 0.25) is 5.15 Å². The van der Waals surface area contributed by atoms with Crippen molar-refractivity contribution in [1.29, 1.82) is 0 Å². The average Bonchev–Trinajstić information content (AvgIpc) is 2.73. The molecule has 0 spiro atoms. The maximum Gasteiger partial charge on any atom is 0.338 e. The van der Waals surface area contributed by atoms with Gasteiger partial charge in [-0.25, -0.2) is 4.79 Å². The van der Waals surface area contributed by atoms with Gasteiger partial charge in [-0.3, -0.25) is 0 Å². The molecule has 2 aromatic heterocycles. The smallest absolute Gasteiger partial charge is 0.338 e. The Morgan fingerprint density at radius 1 is 1.50 bits per heavy atom. The lowest BCUT2D eigenvalue weighted by Gasteiger charge is -2.00. The van der Waals surface area contributed by atoms with E-state index in [0.717, 1.165) is 0 Å². The minimum absolute atomic E-state index is 0.0572. The molecule has 0 radical (unpaired) electrons. The number of aromatic carboxylic acids is 1. The fourth-order valence-electron chi connectivity index (χ4n) is 1.25. The highest BCUT2D eigenvalue weighted by molar-refractivity contribution is 6.32. The Kier molecular flexibility index (Phi) is 2.87. The maximum absolute atomic E-state index is 10.8. The number of carbonyl (C=O) groups is 1.